The average Bonchev–Trinajstić information content (AvgIpc) is 2.93. The first-order valence-corrected chi connectivity index (χ1v) is 13.5. The molecule has 4 rings (SSSR count). The SMILES string of the molecule is CCOc1cc(C(=O)N/N=C/c2cc(Br)c(OCc3ccccc3)c(Br)c2)ccc1OCc1ccccc1. The van der Waals surface area contributed by atoms with E-state index >= 15 is 0 Å². The number of ether oxygens (including phenoxy) is 3. The molecule has 0 radical (unpaired) electrons. The van der Waals surface area contributed by atoms with Gasteiger partial charge in [-0.3, -0.25) is 4.79 Å². The summed E-state index contributed by atoms with van der Waals surface area (Å²) in [5, 5.41) is 4.12. The van der Waals surface area contributed by atoms with E-state index < -0.39 is 0 Å². The highest BCUT2D eigenvalue weighted by atomic mass is 79.9. The third-order valence-electron chi connectivity index (χ3n) is 5.37. The zero-order valence-corrected chi connectivity index (χ0v) is 23.9. The minimum Gasteiger partial charge on any atom is -0.490 e. The first-order chi connectivity index (χ1) is 18.5. The lowest BCUT2D eigenvalue weighted by Crippen LogP contribution is -2.17. The summed E-state index contributed by atoms with van der Waals surface area (Å²) in [4.78, 5) is 12.7. The number of benzene rings is 4. The van der Waals surface area contributed by atoms with Crippen molar-refractivity contribution in [3.05, 3.63) is 122 Å². The van der Waals surface area contributed by atoms with Crippen molar-refractivity contribution < 1.29 is 19.0 Å². The van der Waals surface area contributed by atoms with Crippen LogP contribution in [0.2, 0.25) is 0 Å². The monoisotopic (exact) mass is 636 g/mol. The van der Waals surface area contributed by atoms with Gasteiger partial charge in [-0.05, 0) is 85.8 Å². The lowest BCUT2D eigenvalue weighted by atomic mass is 10.2. The Hall–Kier alpha value is -3.62. The third-order valence-corrected chi connectivity index (χ3v) is 6.55. The summed E-state index contributed by atoms with van der Waals surface area (Å²) in [6, 6.07) is 28.6. The van der Waals surface area contributed by atoms with Gasteiger partial charge in [-0.15, -0.1) is 0 Å². The predicted molar refractivity (Wildman–Crippen MR) is 156 cm³/mol. The van der Waals surface area contributed by atoms with E-state index in [1.165, 1.54) is 0 Å². The molecule has 1 N–H and O–H groups in total. The minimum absolute atomic E-state index is 0.363. The number of amides is 1. The Kier molecular flexibility index (Phi) is 9.95. The molecule has 0 heterocycles. The van der Waals surface area contributed by atoms with Crippen molar-refractivity contribution in [3.8, 4) is 17.2 Å². The standard InChI is InChI=1S/C30H26Br2N2O4/c1-2-36-28-17-24(13-14-27(28)37-19-21-9-5-3-6-10-21)30(35)34-33-18-23-15-25(31)29(26(32)16-23)38-20-22-11-7-4-8-12-22/h3-18H,2,19-20H2,1H3,(H,34,35)/b33-18+. The predicted octanol–water partition coefficient (Wildman–Crippen LogP) is 7.53. The van der Waals surface area contributed by atoms with Crippen molar-refractivity contribution in [2.75, 3.05) is 6.61 Å². The number of nitrogens with one attached hydrogen (secondary N) is 1. The number of hydrogen-bond acceptors (Lipinski definition) is 5. The Bertz CT molecular complexity index is 1370. The smallest absolute Gasteiger partial charge is 0.271 e. The van der Waals surface area contributed by atoms with E-state index in [1.54, 1.807) is 24.4 Å². The summed E-state index contributed by atoms with van der Waals surface area (Å²) in [5.74, 6) is 1.39. The van der Waals surface area contributed by atoms with Gasteiger partial charge < -0.3 is 14.2 Å². The Morgan fingerprint density at radius 3 is 2.00 bits per heavy atom. The van der Waals surface area contributed by atoms with Crippen LogP contribution in [0.15, 0.2) is 105 Å². The third kappa shape index (κ3) is 7.69. The minimum atomic E-state index is -0.363. The van der Waals surface area contributed by atoms with Gasteiger partial charge in [0.05, 0.1) is 21.8 Å². The zero-order valence-electron chi connectivity index (χ0n) is 20.7. The van der Waals surface area contributed by atoms with Gasteiger partial charge in [0.2, 0.25) is 0 Å². The van der Waals surface area contributed by atoms with Crippen LogP contribution in [0.5, 0.6) is 17.2 Å². The molecular weight excluding hydrogens is 612 g/mol. The maximum atomic E-state index is 12.7. The molecule has 0 aliphatic rings. The summed E-state index contributed by atoms with van der Waals surface area (Å²) in [6.45, 7) is 3.17. The van der Waals surface area contributed by atoms with Crippen molar-refractivity contribution in [3.63, 3.8) is 0 Å². The fourth-order valence-corrected chi connectivity index (χ4v) is 4.97. The molecule has 0 spiro atoms. The maximum Gasteiger partial charge on any atom is 0.271 e. The van der Waals surface area contributed by atoms with E-state index in [1.807, 2.05) is 79.7 Å². The first kappa shape index (κ1) is 27.4. The Balaban J connectivity index is 1.38. The van der Waals surface area contributed by atoms with Crippen LogP contribution >= 0.6 is 31.9 Å². The molecule has 0 bridgehead atoms. The fourth-order valence-electron chi connectivity index (χ4n) is 3.52. The topological polar surface area (TPSA) is 69.2 Å². The molecule has 8 heteroatoms. The van der Waals surface area contributed by atoms with Crippen LogP contribution in [0.1, 0.15) is 34.0 Å². The Morgan fingerprint density at radius 1 is 0.789 bits per heavy atom. The lowest BCUT2D eigenvalue weighted by molar-refractivity contribution is 0.0954. The van der Waals surface area contributed by atoms with Crippen molar-refractivity contribution in [2.24, 2.45) is 5.10 Å². The van der Waals surface area contributed by atoms with Gasteiger partial charge in [-0.25, -0.2) is 5.43 Å². The maximum absolute atomic E-state index is 12.7. The van der Waals surface area contributed by atoms with Crippen molar-refractivity contribution in [1.82, 2.24) is 5.43 Å². The molecule has 0 fully saturated rings. The van der Waals surface area contributed by atoms with Gasteiger partial charge in [0.1, 0.15) is 19.0 Å². The highest BCUT2D eigenvalue weighted by molar-refractivity contribution is 9.11. The molecule has 0 unspecified atom stereocenters. The molecule has 194 valence electrons. The molecular formula is C30H26Br2N2O4. The summed E-state index contributed by atoms with van der Waals surface area (Å²) in [5.41, 5.74) is 5.86. The summed E-state index contributed by atoms with van der Waals surface area (Å²) < 4.78 is 19.1. The fraction of sp³-hybridized carbons (Fsp3) is 0.133. The van der Waals surface area contributed by atoms with Crippen LogP contribution in [-0.4, -0.2) is 18.7 Å². The highest BCUT2D eigenvalue weighted by Crippen LogP contribution is 2.35. The average molecular weight is 638 g/mol. The second kappa shape index (κ2) is 13.8. The second-order valence-corrected chi connectivity index (χ2v) is 9.86. The van der Waals surface area contributed by atoms with Crippen molar-refractivity contribution in [2.45, 2.75) is 20.1 Å². The number of nitrogens with zero attached hydrogens (tertiary/aromatic N) is 1. The number of carbonyl (C=O) groups is 1. The molecule has 6 nitrogen and oxygen atoms in total. The van der Waals surface area contributed by atoms with Crippen molar-refractivity contribution >= 4 is 44.0 Å². The number of hydrogen-bond donors (Lipinski definition) is 1. The van der Waals surface area contributed by atoms with Gasteiger partial charge in [0.25, 0.3) is 5.91 Å². The summed E-state index contributed by atoms with van der Waals surface area (Å²) >= 11 is 7.11. The van der Waals surface area contributed by atoms with Crippen LogP contribution < -0.4 is 19.6 Å². The van der Waals surface area contributed by atoms with Crippen LogP contribution in [0.4, 0.5) is 0 Å². The second-order valence-electron chi connectivity index (χ2n) is 8.16. The van der Waals surface area contributed by atoms with E-state index in [4.69, 9.17) is 14.2 Å². The first-order valence-electron chi connectivity index (χ1n) is 12.0. The van der Waals surface area contributed by atoms with Crippen LogP contribution in [0, 0.1) is 0 Å². The largest absolute Gasteiger partial charge is 0.490 e. The number of hydrazone groups is 1. The summed E-state index contributed by atoms with van der Waals surface area (Å²) in [6.07, 6.45) is 1.56. The van der Waals surface area contributed by atoms with Crippen LogP contribution in [0.3, 0.4) is 0 Å². The van der Waals surface area contributed by atoms with Gasteiger partial charge in [-0.1, -0.05) is 60.7 Å². The molecule has 4 aromatic rings. The molecule has 1 amide bonds. The zero-order chi connectivity index (χ0) is 26.7. The number of halogens is 2. The lowest BCUT2D eigenvalue weighted by Gasteiger charge is -2.13. The van der Waals surface area contributed by atoms with E-state index in [0.29, 0.717) is 42.6 Å². The molecule has 0 saturated heterocycles. The Labute approximate surface area is 238 Å². The molecule has 0 aliphatic heterocycles. The van der Waals surface area contributed by atoms with E-state index in [9.17, 15) is 4.79 Å². The van der Waals surface area contributed by atoms with Gasteiger partial charge in [-0.2, -0.15) is 5.10 Å². The Morgan fingerprint density at radius 2 is 1.39 bits per heavy atom. The van der Waals surface area contributed by atoms with E-state index in [2.05, 4.69) is 42.4 Å². The highest BCUT2D eigenvalue weighted by Gasteiger charge is 2.12. The van der Waals surface area contributed by atoms with Crippen LogP contribution in [0.25, 0.3) is 0 Å². The van der Waals surface area contributed by atoms with Crippen LogP contribution in [-0.2, 0) is 13.2 Å². The molecule has 0 atom stereocenters. The summed E-state index contributed by atoms with van der Waals surface area (Å²) in [7, 11) is 0. The van der Waals surface area contributed by atoms with Gasteiger partial charge in [0.15, 0.2) is 11.5 Å². The normalized spacial score (nSPS) is 10.8. The molecule has 38 heavy (non-hydrogen) atoms. The number of carbonyl (C=O) groups excluding carboxylic acids is 1. The molecule has 0 aliphatic carbocycles. The molecule has 0 saturated carbocycles. The van der Waals surface area contributed by atoms with Gasteiger partial charge >= 0.3 is 0 Å². The van der Waals surface area contributed by atoms with Crippen molar-refractivity contribution in [1.29, 1.82) is 0 Å². The van der Waals surface area contributed by atoms with E-state index in [0.717, 1.165) is 25.6 Å². The quantitative estimate of drug-likeness (QED) is 0.136. The molecule has 4 aromatic carbocycles. The molecule has 0 aromatic heterocycles. The van der Waals surface area contributed by atoms with E-state index in [-0.39, 0.29) is 5.91 Å². The van der Waals surface area contributed by atoms with Gasteiger partial charge in [0, 0.05) is 5.56 Å². The number of rotatable bonds is 11.